The lowest BCUT2D eigenvalue weighted by Crippen LogP contribution is -2.29. The van der Waals surface area contributed by atoms with Gasteiger partial charge in [-0.25, -0.2) is 0 Å². The van der Waals surface area contributed by atoms with Crippen LogP contribution in [0.15, 0.2) is 6.07 Å². The lowest BCUT2D eigenvalue weighted by atomic mass is 10.2. The summed E-state index contributed by atoms with van der Waals surface area (Å²) in [6.07, 6.45) is 4.28. The quantitative estimate of drug-likeness (QED) is 0.644. The van der Waals surface area contributed by atoms with Crippen LogP contribution in [-0.2, 0) is 4.79 Å². The maximum absolute atomic E-state index is 14.1. The van der Waals surface area contributed by atoms with Crippen LogP contribution in [0.5, 0.6) is 11.6 Å². The highest BCUT2D eigenvalue weighted by molar-refractivity contribution is 5.88. The zero-order chi connectivity index (χ0) is 17.6. The number of carbonyl (C=O) groups is 1. The van der Waals surface area contributed by atoms with E-state index >= 15 is 0 Å². The average molecular weight is 352 g/mol. The summed E-state index contributed by atoms with van der Waals surface area (Å²) in [7, 11) is 0. The topological polar surface area (TPSA) is 84.5 Å². The summed E-state index contributed by atoms with van der Waals surface area (Å²) >= 11 is 0. The molecule has 0 aromatic carbocycles. The Bertz CT molecular complexity index is 602. The molecule has 2 atom stereocenters. The van der Waals surface area contributed by atoms with E-state index < -0.39 is 5.95 Å². The highest BCUT2D eigenvalue weighted by atomic mass is 19.1. The Morgan fingerprint density at radius 3 is 2.44 bits per heavy atom. The fourth-order valence-corrected chi connectivity index (χ4v) is 3.11. The van der Waals surface area contributed by atoms with E-state index in [-0.39, 0.29) is 29.6 Å². The fourth-order valence-electron chi connectivity index (χ4n) is 3.11. The minimum atomic E-state index is -0.782. The van der Waals surface area contributed by atoms with Gasteiger partial charge in [-0.1, -0.05) is 0 Å². The molecule has 0 spiro atoms. The van der Waals surface area contributed by atoms with Gasteiger partial charge in [-0.15, -0.1) is 0 Å². The molecular weight excluding hydrogens is 327 g/mol. The molecule has 0 aliphatic carbocycles. The molecular formula is C17H25FN4O3. The van der Waals surface area contributed by atoms with Crippen LogP contribution in [-0.4, -0.2) is 49.3 Å². The minimum absolute atomic E-state index is 0.00628. The second-order valence-corrected chi connectivity index (χ2v) is 6.52. The van der Waals surface area contributed by atoms with Crippen LogP contribution >= 0.6 is 0 Å². The molecule has 7 nitrogen and oxygen atoms in total. The van der Waals surface area contributed by atoms with Crippen LogP contribution in [0.2, 0.25) is 0 Å². The maximum Gasteiger partial charge on any atom is 0.259 e. The molecule has 1 amide bonds. The van der Waals surface area contributed by atoms with Crippen molar-refractivity contribution in [1.29, 1.82) is 0 Å². The van der Waals surface area contributed by atoms with Crippen molar-refractivity contribution in [2.75, 3.05) is 31.6 Å². The van der Waals surface area contributed by atoms with Gasteiger partial charge in [0.2, 0.25) is 11.9 Å². The summed E-state index contributed by atoms with van der Waals surface area (Å²) in [6.45, 7) is 4.12. The van der Waals surface area contributed by atoms with Crippen LogP contribution in [0.4, 0.5) is 10.1 Å². The Balaban J connectivity index is 1.72. The number of aromatic nitrogens is 1. The number of ether oxygens (including phenoxy) is 2. The lowest BCUT2D eigenvalue weighted by Gasteiger charge is -2.18. The third-order valence-corrected chi connectivity index (χ3v) is 4.40. The Hall–Kier alpha value is -1.93. The first-order chi connectivity index (χ1) is 12.1. The number of hydrogen-bond acceptors (Lipinski definition) is 6. The zero-order valence-corrected chi connectivity index (χ0v) is 14.4. The van der Waals surface area contributed by atoms with Gasteiger partial charge in [0.05, 0.1) is 0 Å². The normalized spacial score (nSPS) is 22.8. The number of nitrogens with zero attached hydrogens (tertiary/aromatic N) is 1. The number of rotatable bonds is 7. The summed E-state index contributed by atoms with van der Waals surface area (Å²) in [5.74, 6) is -0.681. The van der Waals surface area contributed by atoms with Crippen molar-refractivity contribution in [2.24, 2.45) is 0 Å². The summed E-state index contributed by atoms with van der Waals surface area (Å²) in [6, 6.07) is 1.94. The molecule has 0 bridgehead atoms. The third kappa shape index (κ3) is 5.02. The van der Waals surface area contributed by atoms with Gasteiger partial charge >= 0.3 is 0 Å². The summed E-state index contributed by atoms with van der Waals surface area (Å²) in [4.78, 5) is 15.1. The van der Waals surface area contributed by atoms with Crippen molar-refractivity contribution >= 4 is 11.6 Å². The van der Waals surface area contributed by atoms with E-state index in [9.17, 15) is 9.18 Å². The number of nitrogens with one attached hydrogen (secondary N) is 3. The number of halogens is 1. The fraction of sp³-hybridized carbons (Fsp3) is 0.647. The number of carbonyl (C=O) groups excluding carboxylic acids is 1. The van der Waals surface area contributed by atoms with Crippen molar-refractivity contribution < 1.29 is 18.7 Å². The van der Waals surface area contributed by atoms with Gasteiger partial charge in [-0.2, -0.15) is 9.37 Å². The second-order valence-electron chi connectivity index (χ2n) is 6.52. The Kier molecular flexibility index (Phi) is 6.04. The van der Waals surface area contributed by atoms with E-state index in [1.54, 1.807) is 0 Å². The predicted octanol–water partition coefficient (Wildman–Crippen LogP) is 1.44. The molecule has 1 aromatic rings. The Morgan fingerprint density at radius 1 is 1.24 bits per heavy atom. The largest absolute Gasteiger partial charge is 0.486 e. The van der Waals surface area contributed by atoms with Crippen molar-refractivity contribution in [1.82, 2.24) is 15.6 Å². The standard InChI is InChI=1S/C17H25FN4O3/c1-11(23)21-14-8-15(24-9-12-4-2-6-19-12)17(22-16(14)18)25-10-13-5-3-7-20-13/h8,12-13,19-20H,2-7,9-10H2,1H3,(H,21,23)/t12-,13-/m1/s1. The summed E-state index contributed by atoms with van der Waals surface area (Å²) in [5.41, 5.74) is -0.00628. The van der Waals surface area contributed by atoms with Crippen molar-refractivity contribution in [3.63, 3.8) is 0 Å². The molecule has 138 valence electrons. The van der Waals surface area contributed by atoms with Crippen LogP contribution in [0, 0.1) is 5.95 Å². The Labute approximate surface area is 146 Å². The van der Waals surface area contributed by atoms with Gasteiger partial charge in [0.1, 0.15) is 18.9 Å². The first kappa shape index (κ1) is 17.9. The molecule has 2 aliphatic rings. The van der Waals surface area contributed by atoms with Crippen molar-refractivity contribution in [3.8, 4) is 11.6 Å². The van der Waals surface area contributed by atoms with E-state index in [0.29, 0.717) is 19.0 Å². The molecule has 0 radical (unpaired) electrons. The van der Waals surface area contributed by atoms with Gasteiger partial charge in [-0.3, -0.25) is 4.79 Å². The molecule has 3 rings (SSSR count). The molecule has 0 saturated carbocycles. The first-order valence-electron chi connectivity index (χ1n) is 8.82. The second kappa shape index (κ2) is 8.44. The maximum atomic E-state index is 14.1. The monoisotopic (exact) mass is 352 g/mol. The van der Waals surface area contributed by atoms with E-state index in [4.69, 9.17) is 9.47 Å². The number of pyridine rings is 1. The summed E-state index contributed by atoms with van der Waals surface area (Å²) in [5, 5.41) is 9.09. The SMILES string of the molecule is CC(=O)Nc1cc(OC[C@H]2CCCN2)c(OC[C@H]2CCCN2)nc1F. The average Bonchev–Trinajstić information content (AvgIpc) is 3.26. The van der Waals surface area contributed by atoms with Crippen LogP contribution < -0.4 is 25.4 Å². The number of amides is 1. The van der Waals surface area contributed by atoms with E-state index in [2.05, 4.69) is 20.9 Å². The summed E-state index contributed by atoms with van der Waals surface area (Å²) < 4.78 is 25.7. The van der Waals surface area contributed by atoms with Crippen LogP contribution in [0.3, 0.4) is 0 Å². The highest BCUT2D eigenvalue weighted by Crippen LogP contribution is 2.30. The molecule has 2 aliphatic heterocycles. The van der Waals surface area contributed by atoms with Gasteiger partial charge in [0.15, 0.2) is 5.75 Å². The first-order valence-corrected chi connectivity index (χ1v) is 8.82. The van der Waals surface area contributed by atoms with Crippen LogP contribution in [0.1, 0.15) is 32.6 Å². The van der Waals surface area contributed by atoms with Crippen molar-refractivity contribution in [2.45, 2.75) is 44.7 Å². The number of anilines is 1. The van der Waals surface area contributed by atoms with E-state index in [1.165, 1.54) is 13.0 Å². The highest BCUT2D eigenvalue weighted by Gasteiger charge is 2.21. The van der Waals surface area contributed by atoms with E-state index in [1.807, 2.05) is 0 Å². The Morgan fingerprint density at radius 2 is 1.88 bits per heavy atom. The number of hydrogen-bond donors (Lipinski definition) is 3. The molecule has 2 saturated heterocycles. The molecule has 2 fully saturated rings. The smallest absolute Gasteiger partial charge is 0.259 e. The lowest BCUT2D eigenvalue weighted by molar-refractivity contribution is -0.114. The van der Waals surface area contributed by atoms with Gasteiger partial charge in [0, 0.05) is 25.1 Å². The predicted molar refractivity (Wildman–Crippen MR) is 91.5 cm³/mol. The molecule has 0 unspecified atom stereocenters. The molecule has 3 heterocycles. The molecule has 8 heteroatoms. The third-order valence-electron chi connectivity index (χ3n) is 4.40. The molecule has 25 heavy (non-hydrogen) atoms. The van der Waals surface area contributed by atoms with Crippen molar-refractivity contribution in [3.05, 3.63) is 12.0 Å². The molecule has 1 aromatic heterocycles. The van der Waals surface area contributed by atoms with Gasteiger partial charge in [0.25, 0.3) is 5.88 Å². The zero-order valence-electron chi connectivity index (χ0n) is 14.4. The van der Waals surface area contributed by atoms with E-state index in [0.717, 1.165) is 38.8 Å². The molecule has 3 N–H and O–H groups in total. The van der Waals surface area contributed by atoms with Gasteiger partial charge < -0.3 is 25.4 Å². The minimum Gasteiger partial charge on any atom is -0.486 e. The van der Waals surface area contributed by atoms with Crippen LogP contribution in [0.25, 0.3) is 0 Å². The van der Waals surface area contributed by atoms with Gasteiger partial charge in [-0.05, 0) is 38.8 Å².